The second kappa shape index (κ2) is 5.98. The summed E-state index contributed by atoms with van der Waals surface area (Å²) in [6.07, 6.45) is 1.27. The van der Waals surface area contributed by atoms with E-state index in [1.165, 1.54) is 11.3 Å². The van der Waals surface area contributed by atoms with Gasteiger partial charge in [0.15, 0.2) is 0 Å². The first-order valence-corrected chi connectivity index (χ1v) is 7.69. The maximum atomic E-state index is 12.1. The fourth-order valence-electron chi connectivity index (χ4n) is 1.89. The van der Waals surface area contributed by atoms with Gasteiger partial charge in [0.25, 0.3) is 0 Å². The monoisotopic (exact) mass is 372 g/mol. The molecule has 0 aliphatic carbocycles. The van der Waals surface area contributed by atoms with Gasteiger partial charge in [-0.2, -0.15) is 0 Å². The van der Waals surface area contributed by atoms with Crippen LogP contribution in [0.2, 0.25) is 0 Å². The van der Waals surface area contributed by atoms with Gasteiger partial charge >= 0.3 is 5.97 Å². The molecule has 21 heavy (non-hydrogen) atoms. The minimum absolute atomic E-state index is 0.0578. The van der Waals surface area contributed by atoms with Gasteiger partial charge in [-0.25, -0.2) is 4.79 Å². The van der Waals surface area contributed by atoms with Gasteiger partial charge < -0.3 is 14.9 Å². The third-order valence-corrected chi connectivity index (χ3v) is 4.78. The van der Waals surface area contributed by atoms with Gasteiger partial charge in [-0.15, -0.1) is 11.3 Å². The van der Waals surface area contributed by atoms with Crippen molar-refractivity contribution >= 4 is 39.1 Å². The highest BCUT2D eigenvalue weighted by atomic mass is 79.9. The summed E-state index contributed by atoms with van der Waals surface area (Å²) in [6.45, 7) is 3.36. The first kappa shape index (κ1) is 15.7. The summed E-state index contributed by atoms with van der Waals surface area (Å²) < 4.78 is 5.59. The third kappa shape index (κ3) is 3.51. The zero-order valence-electron chi connectivity index (χ0n) is 11.3. The molecule has 2 aromatic heterocycles. The van der Waals surface area contributed by atoms with E-state index in [1.807, 2.05) is 11.4 Å². The lowest BCUT2D eigenvalue weighted by molar-refractivity contribution is -0.122. The molecule has 0 atom stereocenters. The lowest BCUT2D eigenvalue weighted by Crippen LogP contribution is -2.42. The molecule has 0 unspecified atom stereocenters. The van der Waals surface area contributed by atoms with Crippen molar-refractivity contribution in [2.75, 3.05) is 0 Å². The van der Waals surface area contributed by atoms with Gasteiger partial charge in [0, 0.05) is 9.35 Å². The van der Waals surface area contributed by atoms with Gasteiger partial charge in [0.1, 0.15) is 17.5 Å². The van der Waals surface area contributed by atoms with Crippen LogP contribution in [0, 0.1) is 0 Å². The Bertz CT molecular complexity index is 677. The molecular formula is C13H13BrN2O4S. The summed E-state index contributed by atoms with van der Waals surface area (Å²) in [5.74, 6) is -1.36. The highest BCUT2D eigenvalue weighted by molar-refractivity contribution is 9.10. The average molecular weight is 373 g/mol. The molecular weight excluding hydrogens is 360 g/mol. The van der Waals surface area contributed by atoms with Crippen LogP contribution in [0.25, 0.3) is 0 Å². The number of rotatable bonds is 5. The SMILES string of the molecule is CC(C)(NC(=O)Cc1sccc1Br)c1nocc1C(=O)O. The van der Waals surface area contributed by atoms with Crippen LogP contribution in [-0.2, 0) is 16.8 Å². The van der Waals surface area contributed by atoms with Crippen LogP contribution in [0.4, 0.5) is 0 Å². The number of carbonyl (C=O) groups is 2. The van der Waals surface area contributed by atoms with Gasteiger partial charge in [0.05, 0.1) is 12.0 Å². The summed E-state index contributed by atoms with van der Waals surface area (Å²) in [6, 6.07) is 1.87. The first-order chi connectivity index (χ1) is 9.81. The molecule has 0 aliphatic rings. The average Bonchev–Trinajstić information content (AvgIpc) is 2.98. The van der Waals surface area contributed by atoms with Crippen LogP contribution < -0.4 is 5.32 Å². The Hall–Kier alpha value is -1.67. The van der Waals surface area contributed by atoms with Crippen LogP contribution in [0.3, 0.4) is 0 Å². The number of carboxylic acids is 1. The Balaban J connectivity index is 2.13. The van der Waals surface area contributed by atoms with E-state index in [4.69, 9.17) is 9.63 Å². The molecule has 6 nitrogen and oxygen atoms in total. The van der Waals surface area contributed by atoms with E-state index in [0.29, 0.717) is 0 Å². The Morgan fingerprint density at radius 3 is 2.81 bits per heavy atom. The molecule has 2 rings (SSSR count). The molecule has 2 heterocycles. The molecule has 2 N–H and O–H groups in total. The second-order valence-corrected chi connectivity index (χ2v) is 6.78. The molecule has 112 valence electrons. The number of nitrogens with one attached hydrogen (secondary N) is 1. The number of aromatic nitrogens is 1. The molecule has 2 aromatic rings. The van der Waals surface area contributed by atoms with E-state index in [0.717, 1.165) is 15.6 Å². The van der Waals surface area contributed by atoms with Gasteiger partial charge in [-0.1, -0.05) is 5.16 Å². The molecule has 0 radical (unpaired) electrons. The Morgan fingerprint density at radius 1 is 1.52 bits per heavy atom. The van der Waals surface area contributed by atoms with Crippen molar-refractivity contribution < 1.29 is 19.2 Å². The molecule has 0 spiro atoms. The van der Waals surface area contributed by atoms with Crippen molar-refractivity contribution in [3.05, 3.63) is 38.3 Å². The van der Waals surface area contributed by atoms with Gasteiger partial charge in [0.2, 0.25) is 5.91 Å². The Morgan fingerprint density at radius 2 is 2.24 bits per heavy atom. The van der Waals surface area contributed by atoms with E-state index in [1.54, 1.807) is 13.8 Å². The van der Waals surface area contributed by atoms with Crippen LogP contribution >= 0.6 is 27.3 Å². The predicted molar refractivity (Wildman–Crippen MR) is 80.4 cm³/mol. The summed E-state index contributed by atoms with van der Waals surface area (Å²) in [4.78, 5) is 24.1. The van der Waals surface area contributed by atoms with Crippen LogP contribution in [0.5, 0.6) is 0 Å². The van der Waals surface area contributed by atoms with E-state index in [-0.39, 0.29) is 23.6 Å². The lowest BCUT2D eigenvalue weighted by Gasteiger charge is -2.24. The molecule has 8 heteroatoms. The highest BCUT2D eigenvalue weighted by Gasteiger charge is 2.31. The standard InChI is InChI=1S/C13H13BrN2O4S/c1-13(2,11-7(12(18)19)6-20-16-11)15-10(17)5-9-8(14)3-4-21-9/h3-4,6H,5H2,1-2H3,(H,15,17)(H,18,19). The van der Waals surface area contributed by atoms with Crippen molar-refractivity contribution in [2.45, 2.75) is 25.8 Å². The summed E-state index contributed by atoms with van der Waals surface area (Å²) in [5, 5.41) is 17.4. The van der Waals surface area contributed by atoms with E-state index < -0.39 is 11.5 Å². The molecule has 1 amide bonds. The van der Waals surface area contributed by atoms with Crippen LogP contribution in [0.1, 0.15) is 34.8 Å². The highest BCUT2D eigenvalue weighted by Crippen LogP contribution is 2.25. The van der Waals surface area contributed by atoms with Crippen molar-refractivity contribution in [1.29, 1.82) is 0 Å². The lowest BCUT2D eigenvalue weighted by atomic mass is 9.96. The largest absolute Gasteiger partial charge is 0.478 e. The fraction of sp³-hybridized carbons (Fsp3) is 0.308. The molecule has 0 bridgehead atoms. The second-order valence-electron chi connectivity index (χ2n) is 4.92. The first-order valence-electron chi connectivity index (χ1n) is 6.02. The Labute approximate surface area is 133 Å². The topological polar surface area (TPSA) is 92.4 Å². The van der Waals surface area contributed by atoms with Crippen molar-refractivity contribution in [3.63, 3.8) is 0 Å². The van der Waals surface area contributed by atoms with Crippen molar-refractivity contribution in [1.82, 2.24) is 10.5 Å². The number of carbonyl (C=O) groups excluding carboxylic acids is 1. The number of hydrogen-bond donors (Lipinski definition) is 2. The maximum absolute atomic E-state index is 12.1. The quantitative estimate of drug-likeness (QED) is 0.841. The number of nitrogens with zero attached hydrogens (tertiary/aromatic N) is 1. The van der Waals surface area contributed by atoms with E-state index in [2.05, 4.69) is 26.4 Å². The van der Waals surface area contributed by atoms with Crippen molar-refractivity contribution in [3.8, 4) is 0 Å². The number of carboxylic acid groups (broad SMARTS) is 1. The van der Waals surface area contributed by atoms with E-state index >= 15 is 0 Å². The minimum atomic E-state index is -1.14. The van der Waals surface area contributed by atoms with Gasteiger partial charge in [-0.3, -0.25) is 4.79 Å². The molecule has 0 saturated carbocycles. The number of aromatic carboxylic acids is 1. The summed E-state index contributed by atoms with van der Waals surface area (Å²) in [7, 11) is 0. The molecule has 0 saturated heterocycles. The maximum Gasteiger partial charge on any atom is 0.341 e. The molecule has 0 fully saturated rings. The zero-order valence-corrected chi connectivity index (χ0v) is 13.7. The number of hydrogen-bond acceptors (Lipinski definition) is 5. The molecule has 0 aliphatic heterocycles. The van der Waals surface area contributed by atoms with Crippen LogP contribution in [0.15, 0.2) is 26.7 Å². The predicted octanol–water partition coefficient (Wildman–Crippen LogP) is 2.79. The summed E-state index contributed by atoms with van der Waals surface area (Å²) >= 11 is 4.84. The van der Waals surface area contributed by atoms with Gasteiger partial charge in [-0.05, 0) is 41.2 Å². The smallest absolute Gasteiger partial charge is 0.341 e. The van der Waals surface area contributed by atoms with E-state index in [9.17, 15) is 9.59 Å². The van der Waals surface area contributed by atoms with Crippen LogP contribution in [-0.4, -0.2) is 22.1 Å². The number of thiophene rings is 1. The minimum Gasteiger partial charge on any atom is -0.478 e. The number of halogens is 1. The zero-order chi connectivity index (χ0) is 15.6. The Kier molecular flexibility index (Phi) is 4.48. The summed E-state index contributed by atoms with van der Waals surface area (Å²) in [5.41, 5.74) is -0.812. The number of amides is 1. The normalized spacial score (nSPS) is 11.4. The van der Waals surface area contributed by atoms with Crippen molar-refractivity contribution in [2.24, 2.45) is 0 Å². The molecule has 0 aromatic carbocycles. The fourth-order valence-corrected chi connectivity index (χ4v) is 3.38. The third-order valence-electron chi connectivity index (χ3n) is 2.86.